The molecule has 0 radical (unpaired) electrons. The van der Waals surface area contributed by atoms with Crippen molar-refractivity contribution in [3.8, 4) is 0 Å². The normalized spacial score (nSPS) is 20.1. The third kappa shape index (κ3) is 5.80. The fourth-order valence-corrected chi connectivity index (χ4v) is 5.47. The van der Waals surface area contributed by atoms with E-state index in [9.17, 15) is 18.0 Å². The number of carbonyl (C=O) groups is 1. The molecule has 1 aliphatic carbocycles. The van der Waals surface area contributed by atoms with Gasteiger partial charge in [0.05, 0.1) is 23.7 Å². The molecular weight excluding hydrogens is 455 g/mol. The SMILES string of the molecule is COC(=O)CCc1ccc2c(c1)nc(Nc1ccc(C(F)(F)F)cc1)n2[C@@H]1C[C@H](C)CC(C)(C)C1. The van der Waals surface area contributed by atoms with Crippen molar-refractivity contribution in [1.82, 2.24) is 9.55 Å². The van der Waals surface area contributed by atoms with Crippen molar-refractivity contribution in [3.63, 3.8) is 0 Å². The average molecular weight is 488 g/mol. The van der Waals surface area contributed by atoms with Crippen LogP contribution >= 0.6 is 0 Å². The lowest BCUT2D eigenvalue weighted by molar-refractivity contribution is -0.140. The van der Waals surface area contributed by atoms with Gasteiger partial charge in [0.25, 0.3) is 0 Å². The first-order valence-electron chi connectivity index (χ1n) is 12.0. The van der Waals surface area contributed by atoms with Gasteiger partial charge < -0.3 is 14.6 Å². The van der Waals surface area contributed by atoms with E-state index in [0.717, 1.165) is 48.0 Å². The number of methoxy groups -OCH3 is 1. The Labute approximate surface area is 203 Å². The molecule has 1 fully saturated rings. The molecule has 0 bridgehead atoms. The quantitative estimate of drug-likeness (QED) is 0.371. The molecule has 188 valence electrons. The number of nitrogens with one attached hydrogen (secondary N) is 1. The van der Waals surface area contributed by atoms with Crippen molar-refractivity contribution in [2.75, 3.05) is 12.4 Å². The van der Waals surface area contributed by atoms with E-state index >= 15 is 0 Å². The topological polar surface area (TPSA) is 56.1 Å². The molecule has 2 atom stereocenters. The fraction of sp³-hybridized carbons (Fsp3) is 0.481. The molecule has 0 amide bonds. The van der Waals surface area contributed by atoms with Crippen LogP contribution in [-0.4, -0.2) is 22.6 Å². The molecule has 2 aromatic carbocycles. The molecule has 5 nitrogen and oxygen atoms in total. The van der Waals surface area contributed by atoms with Crippen molar-refractivity contribution in [1.29, 1.82) is 0 Å². The van der Waals surface area contributed by atoms with Crippen LogP contribution in [0.25, 0.3) is 11.0 Å². The molecule has 8 heteroatoms. The number of rotatable bonds is 6. The van der Waals surface area contributed by atoms with Crippen molar-refractivity contribution in [2.24, 2.45) is 11.3 Å². The summed E-state index contributed by atoms with van der Waals surface area (Å²) in [6.45, 7) is 6.83. The number of anilines is 2. The van der Waals surface area contributed by atoms with Crippen LogP contribution in [0.5, 0.6) is 0 Å². The maximum absolute atomic E-state index is 13.0. The molecule has 1 heterocycles. The highest BCUT2D eigenvalue weighted by Crippen LogP contribution is 2.46. The highest BCUT2D eigenvalue weighted by Gasteiger charge is 2.35. The zero-order valence-electron chi connectivity index (χ0n) is 20.6. The summed E-state index contributed by atoms with van der Waals surface area (Å²) in [4.78, 5) is 16.4. The molecule has 1 N–H and O–H groups in total. The van der Waals surface area contributed by atoms with Gasteiger partial charge in [0.2, 0.25) is 5.95 Å². The van der Waals surface area contributed by atoms with Crippen molar-refractivity contribution >= 4 is 28.6 Å². The van der Waals surface area contributed by atoms with Gasteiger partial charge in [-0.15, -0.1) is 0 Å². The van der Waals surface area contributed by atoms with E-state index in [1.54, 1.807) is 0 Å². The average Bonchev–Trinajstić information content (AvgIpc) is 3.12. The highest BCUT2D eigenvalue weighted by atomic mass is 19.4. The van der Waals surface area contributed by atoms with E-state index in [0.29, 0.717) is 24.0 Å². The summed E-state index contributed by atoms with van der Waals surface area (Å²) >= 11 is 0. The van der Waals surface area contributed by atoms with E-state index in [4.69, 9.17) is 9.72 Å². The van der Waals surface area contributed by atoms with Crippen LogP contribution in [-0.2, 0) is 22.1 Å². The summed E-state index contributed by atoms with van der Waals surface area (Å²) in [5, 5.41) is 3.27. The molecule has 35 heavy (non-hydrogen) atoms. The third-order valence-electron chi connectivity index (χ3n) is 6.80. The predicted molar refractivity (Wildman–Crippen MR) is 131 cm³/mol. The molecule has 1 aliphatic rings. The van der Waals surface area contributed by atoms with Crippen LogP contribution in [0.4, 0.5) is 24.8 Å². The van der Waals surface area contributed by atoms with E-state index < -0.39 is 11.7 Å². The number of aryl methyl sites for hydroxylation is 1. The Kier molecular flexibility index (Phi) is 6.84. The van der Waals surface area contributed by atoms with Crippen LogP contribution in [0, 0.1) is 11.3 Å². The zero-order valence-corrected chi connectivity index (χ0v) is 20.6. The Bertz CT molecular complexity index is 1200. The lowest BCUT2D eigenvalue weighted by Crippen LogP contribution is -2.29. The Balaban J connectivity index is 1.72. The summed E-state index contributed by atoms with van der Waals surface area (Å²) < 4.78 is 46.0. The number of hydrogen-bond acceptors (Lipinski definition) is 4. The van der Waals surface area contributed by atoms with Gasteiger partial charge in [0.15, 0.2) is 0 Å². The minimum absolute atomic E-state index is 0.172. The number of nitrogens with zero attached hydrogens (tertiary/aromatic N) is 2. The number of imidazole rings is 1. The Morgan fingerprint density at radius 1 is 1.17 bits per heavy atom. The third-order valence-corrected chi connectivity index (χ3v) is 6.80. The van der Waals surface area contributed by atoms with Crippen LogP contribution in [0.15, 0.2) is 42.5 Å². The Hall–Kier alpha value is -3.03. The second-order valence-electron chi connectivity index (χ2n) is 10.5. The van der Waals surface area contributed by atoms with Gasteiger partial charge in [0.1, 0.15) is 0 Å². The number of halogens is 3. The minimum Gasteiger partial charge on any atom is -0.469 e. The van der Waals surface area contributed by atoms with E-state index in [1.165, 1.54) is 19.2 Å². The largest absolute Gasteiger partial charge is 0.469 e. The second-order valence-corrected chi connectivity index (χ2v) is 10.5. The van der Waals surface area contributed by atoms with Crippen LogP contribution in [0.2, 0.25) is 0 Å². The molecule has 0 unspecified atom stereocenters. The van der Waals surface area contributed by atoms with Gasteiger partial charge in [0, 0.05) is 18.2 Å². The molecular formula is C27H32F3N3O2. The molecule has 0 aliphatic heterocycles. The molecule has 3 aromatic rings. The lowest BCUT2D eigenvalue weighted by Gasteiger charge is -2.40. The predicted octanol–water partition coefficient (Wildman–Crippen LogP) is 7.29. The lowest BCUT2D eigenvalue weighted by atomic mass is 9.70. The van der Waals surface area contributed by atoms with Gasteiger partial charge in [-0.25, -0.2) is 4.98 Å². The first kappa shape index (κ1) is 25.1. The number of alkyl halides is 3. The van der Waals surface area contributed by atoms with Crippen molar-refractivity contribution in [3.05, 3.63) is 53.6 Å². The number of esters is 1. The molecule has 0 spiro atoms. The number of carbonyl (C=O) groups excluding carboxylic acids is 1. The summed E-state index contributed by atoms with van der Waals surface area (Å²) in [5.74, 6) is 0.887. The Morgan fingerprint density at radius 3 is 2.51 bits per heavy atom. The maximum atomic E-state index is 13.0. The standard InChI is InChI=1S/C27H32F3N3O2/c1-17-13-21(16-26(2,3)15-17)33-23-11-5-18(6-12-24(34)35-4)14-22(23)32-25(33)31-20-9-7-19(8-10-20)27(28,29)30/h5,7-11,14,17,21H,6,12-13,15-16H2,1-4H3,(H,31,32)/t17-,21+/m0/s1. The Morgan fingerprint density at radius 2 is 1.89 bits per heavy atom. The first-order valence-corrected chi connectivity index (χ1v) is 12.0. The van der Waals surface area contributed by atoms with Gasteiger partial charge in [-0.05, 0) is 79.0 Å². The molecule has 1 aromatic heterocycles. The summed E-state index contributed by atoms with van der Waals surface area (Å²) in [6, 6.07) is 11.2. The number of hydrogen-bond donors (Lipinski definition) is 1. The second kappa shape index (κ2) is 9.55. The fourth-order valence-electron chi connectivity index (χ4n) is 5.47. The van der Waals surface area contributed by atoms with E-state index in [-0.39, 0.29) is 23.8 Å². The number of aromatic nitrogens is 2. The van der Waals surface area contributed by atoms with Gasteiger partial charge in [-0.3, -0.25) is 4.79 Å². The highest BCUT2D eigenvalue weighted by molar-refractivity contribution is 5.81. The number of fused-ring (bicyclic) bond motifs is 1. The molecule has 4 rings (SSSR count). The monoisotopic (exact) mass is 487 g/mol. The minimum atomic E-state index is -4.38. The van der Waals surface area contributed by atoms with Crippen molar-refractivity contribution in [2.45, 2.75) is 65.1 Å². The van der Waals surface area contributed by atoms with E-state index in [1.807, 2.05) is 18.2 Å². The van der Waals surface area contributed by atoms with Crippen molar-refractivity contribution < 1.29 is 22.7 Å². The maximum Gasteiger partial charge on any atom is 0.416 e. The van der Waals surface area contributed by atoms with E-state index in [2.05, 4.69) is 30.7 Å². The number of benzene rings is 2. The first-order chi connectivity index (χ1) is 16.4. The zero-order chi connectivity index (χ0) is 25.4. The number of ether oxygens (including phenoxy) is 1. The summed E-state index contributed by atoms with van der Waals surface area (Å²) in [5.41, 5.74) is 2.77. The van der Waals surface area contributed by atoms with Gasteiger partial charge in [-0.2, -0.15) is 13.2 Å². The smallest absolute Gasteiger partial charge is 0.416 e. The summed E-state index contributed by atoms with van der Waals surface area (Å²) in [6.07, 6.45) is -0.417. The van der Waals surface area contributed by atoms with Gasteiger partial charge in [-0.1, -0.05) is 26.8 Å². The van der Waals surface area contributed by atoms with Crippen LogP contribution in [0.3, 0.4) is 0 Å². The molecule has 0 saturated heterocycles. The van der Waals surface area contributed by atoms with Crippen LogP contribution in [0.1, 0.15) is 63.6 Å². The van der Waals surface area contributed by atoms with Gasteiger partial charge >= 0.3 is 12.1 Å². The van der Waals surface area contributed by atoms with Crippen LogP contribution < -0.4 is 5.32 Å². The summed E-state index contributed by atoms with van der Waals surface area (Å²) in [7, 11) is 1.37. The molecule has 1 saturated carbocycles.